The minimum absolute atomic E-state index is 0.0875. The molecule has 7 nitrogen and oxygen atoms in total. The third-order valence-electron chi connectivity index (χ3n) is 4.19. The van der Waals surface area contributed by atoms with Gasteiger partial charge in [0.05, 0.1) is 23.8 Å². The molecule has 140 valence electrons. The number of aromatic nitrogens is 2. The summed E-state index contributed by atoms with van der Waals surface area (Å²) in [6.45, 7) is 1.16. The molecule has 2 aromatic rings. The molecule has 0 aliphatic carbocycles. The third-order valence-corrected chi connectivity index (χ3v) is 5.56. The fraction of sp³-hybridized carbons (Fsp3) is 0.375. The van der Waals surface area contributed by atoms with Gasteiger partial charge in [-0.3, -0.25) is 4.79 Å². The Morgan fingerprint density at radius 3 is 2.35 bits per heavy atom. The van der Waals surface area contributed by atoms with E-state index in [1.165, 1.54) is 4.68 Å². The zero-order valence-electron chi connectivity index (χ0n) is 14.0. The highest BCUT2D eigenvalue weighted by molar-refractivity contribution is 7.88. The lowest BCUT2D eigenvalue weighted by molar-refractivity contribution is 0.461. The van der Waals surface area contributed by atoms with Crippen molar-refractivity contribution in [2.24, 2.45) is 0 Å². The Hall–Kier alpha value is -1.61. The number of piperidine rings is 1. The molecule has 1 N–H and O–H groups in total. The number of benzene rings is 1. The van der Waals surface area contributed by atoms with Gasteiger partial charge >= 0.3 is 0 Å². The Kier molecular flexibility index (Phi) is 5.57. The van der Waals surface area contributed by atoms with E-state index in [2.05, 4.69) is 9.82 Å². The van der Waals surface area contributed by atoms with E-state index in [-0.39, 0.29) is 11.1 Å². The van der Waals surface area contributed by atoms with Crippen LogP contribution >= 0.6 is 23.2 Å². The topological polar surface area (TPSA) is 84.3 Å². The molecule has 3 rings (SSSR count). The minimum Gasteiger partial charge on any atom is -0.369 e. The SMILES string of the molecule is CS(=O)(=O)NC1CCN(c2cnn(-c3ccc(Cl)cc3)c(=O)c2Cl)CC1. The molecular formula is C16H18Cl2N4O3S. The van der Waals surface area contributed by atoms with Crippen molar-refractivity contribution in [3.8, 4) is 5.69 Å². The molecule has 2 heterocycles. The van der Waals surface area contributed by atoms with Crippen LogP contribution in [0.15, 0.2) is 35.3 Å². The third kappa shape index (κ3) is 4.37. The molecule has 1 fully saturated rings. The van der Waals surface area contributed by atoms with Gasteiger partial charge in [-0.2, -0.15) is 9.78 Å². The molecule has 1 aromatic heterocycles. The summed E-state index contributed by atoms with van der Waals surface area (Å²) in [5, 5.41) is 4.87. The molecule has 0 unspecified atom stereocenters. The lowest BCUT2D eigenvalue weighted by atomic mass is 10.1. The van der Waals surface area contributed by atoms with E-state index >= 15 is 0 Å². The maximum Gasteiger partial charge on any atom is 0.292 e. The maximum absolute atomic E-state index is 12.6. The Bertz CT molecular complexity index is 952. The van der Waals surface area contributed by atoms with E-state index in [4.69, 9.17) is 23.2 Å². The first-order valence-corrected chi connectivity index (χ1v) is 10.7. The van der Waals surface area contributed by atoms with Crippen molar-refractivity contribution >= 4 is 38.9 Å². The van der Waals surface area contributed by atoms with Crippen LogP contribution in [-0.2, 0) is 10.0 Å². The molecule has 0 amide bonds. The maximum atomic E-state index is 12.6. The lowest BCUT2D eigenvalue weighted by Gasteiger charge is -2.33. The molecule has 1 aliphatic heterocycles. The van der Waals surface area contributed by atoms with Crippen LogP contribution in [0.2, 0.25) is 10.0 Å². The van der Waals surface area contributed by atoms with Crippen molar-refractivity contribution < 1.29 is 8.42 Å². The molecule has 0 spiro atoms. The first-order valence-electron chi connectivity index (χ1n) is 8.00. The normalized spacial score (nSPS) is 16.0. The number of hydrogen-bond acceptors (Lipinski definition) is 5. The monoisotopic (exact) mass is 416 g/mol. The van der Waals surface area contributed by atoms with Crippen LogP contribution in [0.4, 0.5) is 5.69 Å². The second-order valence-electron chi connectivity index (χ2n) is 6.19. The van der Waals surface area contributed by atoms with E-state index in [0.29, 0.717) is 42.3 Å². The van der Waals surface area contributed by atoms with Crippen molar-refractivity contribution in [3.05, 3.63) is 50.9 Å². The van der Waals surface area contributed by atoms with Gasteiger partial charge in [-0.1, -0.05) is 23.2 Å². The van der Waals surface area contributed by atoms with Crippen molar-refractivity contribution in [2.75, 3.05) is 24.2 Å². The number of rotatable bonds is 4. The predicted molar refractivity (Wildman–Crippen MR) is 103 cm³/mol. The van der Waals surface area contributed by atoms with Crippen molar-refractivity contribution in [3.63, 3.8) is 0 Å². The fourth-order valence-corrected chi connectivity index (χ4v) is 4.17. The molecule has 0 saturated carbocycles. The summed E-state index contributed by atoms with van der Waals surface area (Å²) >= 11 is 12.2. The van der Waals surface area contributed by atoms with E-state index in [1.807, 2.05) is 4.90 Å². The summed E-state index contributed by atoms with van der Waals surface area (Å²) in [6, 6.07) is 6.62. The Balaban J connectivity index is 1.79. The van der Waals surface area contributed by atoms with Crippen LogP contribution in [0.1, 0.15) is 12.8 Å². The number of halogens is 2. The summed E-state index contributed by atoms with van der Waals surface area (Å²) in [7, 11) is -3.23. The molecule has 0 atom stereocenters. The summed E-state index contributed by atoms with van der Waals surface area (Å²) in [4.78, 5) is 14.5. The van der Waals surface area contributed by atoms with Gasteiger partial charge in [-0.25, -0.2) is 13.1 Å². The quantitative estimate of drug-likeness (QED) is 0.824. The van der Waals surface area contributed by atoms with E-state index in [0.717, 1.165) is 6.26 Å². The Labute approximate surface area is 161 Å². The van der Waals surface area contributed by atoms with Crippen LogP contribution in [0.25, 0.3) is 5.69 Å². The van der Waals surface area contributed by atoms with Crippen LogP contribution < -0.4 is 15.2 Å². The van der Waals surface area contributed by atoms with E-state index in [1.54, 1.807) is 30.5 Å². The number of anilines is 1. The zero-order chi connectivity index (χ0) is 18.9. The van der Waals surface area contributed by atoms with Crippen molar-refractivity contribution in [2.45, 2.75) is 18.9 Å². The van der Waals surface area contributed by atoms with Crippen molar-refractivity contribution in [1.29, 1.82) is 0 Å². The Morgan fingerprint density at radius 2 is 1.77 bits per heavy atom. The van der Waals surface area contributed by atoms with E-state index < -0.39 is 15.6 Å². The van der Waals surface area contributed by atoms with Gasteiger partial charge in [-0.05, 0) is 37.1 Å². The highest BCUT2D eigenvalue weighted by atomic mass is 35.5. The van der Waals surface area contributed by atoms with Gasteiger partial charge in [0, 0.05) is 24.2 Å². The highest BCUT2D eigenvalue weighted by Crippen LogP contribution is 2.25. The standard InChI is InChI=1S/C16H18Cl2N4O3S/c1-26(24,25)20-12-6-8-21(9-7-12)14-10-19-22(16(23)15(14)18)13-4-2-11(17)3-5-13/h2-5,10,12,20H,6-9H2,1H3. The molecule has 1 aromatic carbocycles. The Morgan fingerprint density at radius 1 is 1.15 bits per heavy atom. The number of sulfonamides is 1. The van der Waals surface area contributed by atoms with Crippen molar-refractivity contribution in [1.82, 2.24) is 14.5 Å². The summed E-state index contributed by atoms with van der Waals surface area (Å²) in [5.41, 5.74) is 0.714. The molecular weight excluding hydrogens is 399 g/mol. The van der Waals surface area contributed by atoms with Gasteiger partial charge in [0.15, 0.2) is 0 Å². The highest BCUT2D eigenvalue weighted by Gasteiger charge is 2.24. The molecule has 10 heteroatoms. The molecule has 0 bridgehead atoms. The zero-order valence-corrected chi connectivity index (χ0v) is 16.4. The summed E-state index contributed by atoms with van der Waals surface area (Å²) in [6.07, 6.45) is 3.96. The van der Waals surface area contributed by atoms with Crippen LogP contribution in [-0.4, -0.2) is 43.6 Å². The average molecular weight is 417 g/mol. The fourth-order valence-electron chi connectivity index (χ4n) is 2.95. The smallest absolute Gasteiger partial charge is 0.292 e. The first kappa shape index (κ1) is 19.2. The van der Waals surface area contributed by atoms with Gasteiger partial charge in [0.25, 0.3) is 5.56 Å². The second kappa shape index (κ2) is 7.56. The number of hydrogen-bond donors (Lipinski definition) is 1. The summed E-state index contributed by atoms with van der Waals surface area (Å²) < 4.78 is 26.5. The van der Waals surface area contributed by atoms with Crippen LogP contribution in [0.3, 0.4) is 0 Å². The van der Waals surface area contributed by atoms with E-state index in [9.17, 15) is 13.2 Å². The summed E-state index contributed by atoms with van der Waals surface area (Å²) in [5.74, 6) is 0. The predicted octanol–water partition coefficient (Wildman–Crippen LogP) is 2.06. The number of nitrogens with one attached hydrogen (secondary N) is 1. The second-order valence-corrected chi connectivity index (χ2v) is 8.78. The molecule has 0 radical (unpaired) electrons. The lowest BCUT2D eigenvalue weighted by Crippen LogP contribution is -2.44. The molecule has 1 aliphatic rings. The van der Waals surface area contributed by atoms with Gasteiger partial charge < -0.3 is 4.90 Å². The van der Waals surface area contributed by atoms with Crippen LogP contribution in [0.5, 0.6) is 0 Å². The average Bonchev–Trinajstić information content (AvgIpc) is 2.58. The molecule has 26 heavy (non-hydrogen) atoms. The largest absolute Gasteiger partial charge is 0.369 e. The van der Waals surface area contributed by atoms with Gasteiger partial charge in [0.2, 0.25) is 10.0 Å². The minimum atomic E-state index is -3.23. The number of nitrogens with zero attached hydrogens (tertiary/aromatic N) is 3. The van der Waals surface area contributed by atoms with Gasteiger partial charge in [0.1, 0.15) is 5.02 Å². The molecule has 1 saturated heterocycles. The van der Waals surface area contributed by atoms with Gasteiger partial charge in [-0.15, -0.1) is 0 Å². The van der Waals surface area contributed by atoms with Crippen LogP contribution in [0, 0.1) is 0 Å². The first-order chi connectivity index (χ1) is 12.2.